The lowest BCUT2D eigenvalue weighted by Gasteiger charge is -2.09. The summed E-state index contributed by atoms with van der Waals surface area (Å²) in [6.45, 7) is 3.81. The first-order chi connectivity index (χ1) is 9.52. The molecular formula is C17H20O4. The molecule has 0 bridgehead atoms. The normalized spacial score (nSPS) is 10.0. The molecule has 0 saturated carbocycles. The molecule has 2 rings (SSSR count). The number of aromatic carboxylic acids is 1. The van der Waals surface area contributed by atoms with Gasteiger partial charge < -0.3 is 5.11 Å². The van der Waals surface area contributed by atoms with Crippen LogP contribution >= 0.6 is 0 Å². The average molecular weight is 288 g/mol. The van der Waals surface area contributed by atoms with Gasteiger partial charge in [-0.1, -0.05) is 31.7 Å². The number of carboxylic acids is 1. The average Bonchev–Trinajstić information content (AvgIpc) is 2.42. The molecule has 21 heavy (non-hydrogen) atoms. The zero-order valence-corrected chi connectivity index (χ0v) is 11.4. The second kappa shape index (κ2) is 7.02. The summed E-state index contributed by atoms with van der Waals surface area (Å²) in [5.41, 5.74) is 4.61. The molecule has 0 saturated heterocycles. The molecule has 2 aromatic rings. The Hall–Kier alpha value is -2.17. The van der Waals surface area contributed by atoms with E-state index in [0.29, 0.717) is 5.56 Å². The molecule has 0 aliphatic rings. The van der Waals surface area contributed by atoms with Crippen molar-refractivity contribution in [1.82, 2.24) is 0 Å². The van der Waals surface area contributed by atoms with Crippen LogP contribution in [0.15, 0.2) is 36.4 Å². The molecule has 0 fully saturated rings. The van der Waals surface area contributed by atoms with Crippen molar-refractivity contribution in [1.29, 1.82) is 0 Å². The van der Waals surface area contributed by atoms with E-state index in [1.807, 2.05) is 31.2 Å². The van der Waals surface area contributed by atoms with Gasteiger partial charge in [-0.05, 0) is 53.8 Å². The van der Waals surface area contributed by atoms with E-state index in [4.69, 9.17) is 10.4 Å². The highest BCUT2D eigenvalue weighted by Gasteiger charge is 2.10. The second-order valence-electron chi connectivity index (χ2n) is 4.75. The molecule has 0 heterocycles. The minimum absolute atomic E-state index is 0. The van der Waals surface area contributed by atoms with E-state index in [9.17, 15) is 4.79 Å². The van der Waals surface area contributed by atoms with Crippen molar-refractivity contribution in [3.05, 3.63) is 58.7 Å². The van der Waals surface area contributed by atoms with Crippen molar-refractivity contribution in [2.45, 2.75) is 27.9 Å². The minimum atomic E-state index is -0.935. The van der Waals surface area contributed by atoms with Crippen LogP contribution in [-0.2, 0) is 11.5 Å². The molecule has 4 heteroatoms. The van der Waals surface area contributed by atoms with Crippen molar-refractivity contribution in [2.75, 3.05) is 0 Å². The molecule has 0 aliphatic heterocycles. The Balaban J connectivity index is 0.00000220. The van der Waals surface area contributed by atoms with E-state index in [2.05, 4.69) is 4.89 Å². The number of rotatable bonds is 4. The van der Waals surface area contributed by atoms with Gasteiger partial charge >= 0.3 is 5.97 Å². The lowest BCUT2D eigenvalue weighted by Crippen LogP contribution is -2.00. The summed E-state index contributed by atoms with van der Waals surface area (Å²) in [4.78, 5) is 15.4. The predicted octanol–water partition coefficient (Wildman–Crippen LogP) is 4.29. The molecule has 0 spiro atoms. The standard InChI is InChI=1S/C16H16O4.CH4/c1-10-3-5-12(7-14(10)9-20-19)13-6-4-11(2)15(8-13)16(17)18;/h3-8,19H,9H2,1-2H3,(H,17,18);1H4. The van der Waals surface area contributed by atoms with Gasteiger partial charge in [0, 0.05) is 0 Å². The zero-order valence-electron chi connectivity index (χ0n) is 11.4. The van der Waals surface area contributed by atoms with Gasteiger partial charge in [-0.3, -0.25) is 5.26 Å². The molecule has 0 radical (unpaired) electrons. The fraction of sp³-hybridized carbons (Fsp3) is 0.235. The highest BCUT2D eigenvalue weighted by molar-refractivity contribution is 5.91. The summed E-state index contributed by atoms with van der Waals surface area (Å²) in [5.74, 6) is -0.935. The monoisotopic (exact) mass is 288 g/mol. The third-order valence-electron chi connectivity index (χ3n) is 3.37. The van der Waals surface area contributed by atoms with Gasteiger partial charge in [-0.25, -0.2) is 9.68 Å². The highest BCUT2D eigenvalue weighted by Crippen LogP contribution is 2.25. The molecule has 2 N–H and O–H groups in total. The number of carbonyl (C=O) groups is 1. The maximum absolute atomic E-state index is 11.2. The van der Waals surface area contributed by atoms with Crippen molar-refractivity contribution < 1.29 is 20.0 Å². The molecule has 112 valence electrons. The Kier molecular flexibility index (Phi) is 5.64. The smallest absolute Gasteiger partial charge is 0.335 e. The minimum Gasteiger partial charge on any atom is -0.478 e. The van der Waals surface area contributed by atoms with E-state index >= 15 is 0 Å². The maximum atomic E-state index is 11.2. The fourth-order valence-electron chi connectivity index (χ4n) is 2.11. The SMILES string of the molecule is C.Cc1ccc(-c2ccc(C)c(C(=O)O)c2)cc1COO. The van der Waals surface area contributed by atoms with Crippen LogP contribution in [0, 0.1) is 13.8 Å². The fourth-order valence-corrected chi connectivity index (χ4v) is 2.11. The van der Waals surface area contributed by atoms with Crippen LogP contribution in [0.1, 0.15) is 34.5 Å². The molecule has 0 amide bonds. The van der Waals surface area contributed by atoms with Gasteiger partial charge in [0.1, 0.15) is 6.61 Å². The van der Waals surface area contributed by atoms with Crippen molar-refractivity contribution in [3.63, 3.8) is 0 Å². The summed E-state index contributed by atoms with van der Waals surface area (Å²) in [7, 11) is 0. The molecule has 4 nitrogen and oxygen atoms in total. The molecule has 2 aromatic carbocycles. The topological polar surface area (TPSA) is 66.8 Å². The van der Waals surface area contributed by atoms with Crippen LogP contribution in [0.25, 0.3) is 11.1 Å². The largest absolute Gasteiger partial charge is 0.478 e. The molecule has 0 unspecified atom stereocenters. The van der Waals surface area contributed by atoms with Crippen LogP contribution in [-0.4, -0.2) is 16.3 Å². The van der Waals surface area contributed by atoms with Gasteiger partial charge in [-0.2, -0.15) is 0 Å². The van der Waals surface area contributed by atoms with Crippen molar-refractivity contribution >= 4 is 5.97 Å². The Morgan fingerprint density at radius 2 is 1.62 bits per heavy atom. The summed E-state index contributed by atoms with van der Waals surface area (Å²) in [6, 6.07) is 11.1. The number of benzene rings is 2. The van der Waals surface area contributed by atoms with Crippen LogP contribution in [0.3, 0.4) is 0 Å². The summed E-state index contributed by atoms with van der Waals surface area (Å²) in [6.07, 6.45) is 0. The van der Waals surface area contributed by atoms with Crippen LogP contribution < -0.4 is 0 Å². The first kappa shape index (κ1) is 16.9. The van der Waals surface area contributed by atoms with Crippen LogP contribution in [0.4, 0.5) is 0 Å². The predicted molar refractivity (Wildman–Crippen MR) is 82.5 cm³/mol. The summed E-state index contributed by atoms with van der Waals surface area (Å²) >= 11 is 0. The summed E-state index contributed by atoms with van der Waals surface area (Å²) in [5, 5.41) is 17.7. The van der Waals surface area contributed by atoms with E-state index in [1.165, 1.54) is 0 Å². The Bertz CT molecular complexity index is 647. The van der Waals surface area contributed by atoms with Gasteiger partial charge in [0.2, 0.25) is 0 Å². The first-order valence-corrected chi connectivity index (χ1v) is 6.23. The number of hydrogen-bond donors (Lipinski definition) is 2. The van der Waals surface area contributed by atoms with Gasteiger partial charge in [-0.15, -0.1) is 0 Å². The molecule has 0 aromatic heterocycles. The lowest BCUT2D eigenvalue weighted by molar-refractivity contribution is -0.253. The van der Waals surface area contributed by atoms with Crippen molar-refractivity contribution in [3.8, 4) is 11.1 Å². The Labute approximate surface area is 124 Å². The van der Waals surface area contributed by atoms with E-state index in [1.54, 1.807) is 19.1 Å². The zero-order chi connectivity index (χ0) is 14.7. The van der Waals surface area contributed by atoms with E-state index in [0.717, 1.165) is 27.8 Å². The molecule has 0 aliphatic carbocycles. The first-order valence-electron chi connectivity index (χ1n) is 6.23. The lowest BCUT2D eigenvalue weighted by atomic mass is 9.97. The van der Waals surface area contributed by atoms with Gasteiger partial charge in [0.05, 0.1) is 5.56 Å². The molecular weight excluding hydrogens is 268 g/mol. The van der Waals surface area contributed by atoms with Crippen molar-refractivity contribution in [2.24, 2.45) is 0 Å². The number of hydrogen-bond acceptors (Lipinski definition) is 3. The number of aryl methyl sites for hydroxylation is 2. The highest BCUT2D eigenvalue weighted by atomic mass is 17.1. The van der Waals surface area contributed by atoms with Crippen LogP contribution in [0.5, 0.6) is 0 Å². The van der Waals surface area contributed by atoms with Gasteiger partial charge in [0.15, 0.2) is 0 Å². The summed E-state index contributed by atoms with van der Waals surface area (Å²) < 4.78 is 0. The molecule has 0 atom stereocenters. The third-order valence-corrected chi connectivity index (χ3v) is 3.37. The quantitative estimate of drug-likeness (QED) is 0.650. The Morgan fingerprint density at radius 1 is 1.05 bits per heavy atom. The second-order valence-corrected chi connectivity index (χ2v) is 4.75. The van der Waals surface area contributed by atoms with E-state index in [-0.39, 0.29) is 14.0 Å². The Morgan fingerprint density at radius 3 is 2.19 bits per heavy atom. The van der Waals surface area contributed by atoms with E-state index < -0.39 is 5.97 Å². The van der Waals surface area contributed by atoms with Crippen LogP contribution in [0.2, 0.25) is 0 Å². The third kappa shape index (κ3) is 3.68. The maximum Gasteiger partial charge on any atom is 0.335 e. The number of carboxylic acid groups (broad SMARTS) is 1. The van der Waals surface area contributed by atoms with Gasteiger partial charge in [0.25, 0.3) is 0 Å².